The largest absolute Gasteiger partial charge is 0.489 e. The van der Waals surface area contributed by atoms with Gasteiger partial charge in [0.25, 0.3) is 0 Å². The van der Waals surface area contributed by atoms with E-state index < -0.39 is 0 Å². The van der Waals surface area contributed by atoms with Gasteiger partial charge in [-0.2, -0.15) is 4.98 Å². The van der Waals surface area contributed by atoms with Gasteiger partial charge in [0.2, 0.25) is 11.1 Å². The van der Waals surface area contributed by atoms with Gasteiger partial charge in [-0.3, -0.25) is 4.79 Å². The molecule has 0 amide bonds. The molecule has 1 atom stereocenters. The Kier molecular flexibility index (Phi) is 6.72. The van der Waals surface area contributed by atoms with Gasteiger partial charge in [0.15, 0.2) is 5.78 Å². The van der Waals surface area contributed by atoms with Gasteiger partial charge in [-0.05, 0) is 49.4 Å². The lowest BCUT2D eigenvalue weighted by atomic mass is 9.85. The Morgan fingerprint density at radius 3 is 2.85 bits per heavy atom. The smallest absolute Gasteiger partial charge is 0.227 e. The van der Waals surface area contributed by atoms with Crippen LogP contribution in [0.1, 0.15) is 61.8 Å². The third-order valence-electron chi connectivity index (χ3n) is 6.28. The molecule has 1 aliphatic heterocycles. The molecule has 0 fully saturated rings. The molecular weight excluding hydrogens is 444 g/mol. The van der Waals surface area contributed by atoms with Crippen LogP contribution in [0.2, 0.25) is 0 Å². The zero-order valence-electron chi connectivity index (χ0n) is 19.7. The quantitative estimate of drug-likeness (QED) is 0.315. The molecule has 0 spiro atoms. The van der Waals surface area contributed by atoms with Gasteiger partial charge in [0.05, 0.1) is 0 Å². The predicted molar refractivity (Wildman–Crippen MR) is 135 cm³/mol. The van der Waals surface area contributed by atoms with Gasteiger partial charge >= 0.3 is 0 Å². The number of thioether (sulfide) groups is 1. The van der Waals surface area contributed by atoms with E-state index in [1.54, 1.807) is 11.8 Å². The highest BCUT2D eigenvalue weighted by Gasteiger charge is 2.37. The van der Waals surface area contributed by atoms with E-state index in [9.17, 15) is 4.79 Å². The van der Waals surface area contributed by atoms with Crippen molar-refractivity contribution >= 4 is 23.5 Å². The summed E-state index contributed by atoms with van der Waals surface area (Å²) in [6.07, 6.45) is 4.55. The fourth-order valence-electron chi connectivity index (χ4n) is 4.44. The Morgan fingerprint density at radius 1 is 1.18 bits per heavy atom. The first kappa shape index (κ1) is 22.7. The van der Waals surface area contributed by atoms with E-state index in [2.05, 4.69) is 49.5 Å². The van der Waals surface area contributed by atoms with Crippen LogP contribution in [0.15, 0.2) is 65.0 Å². The minimum Gasteiger partial charge on any atom is -0.489 e. The molecule has 1 aromatic heterocycles. The van der Waals surface area contributed by atoms with E-state index in [4.69, 9.17) is 14.8 Å². The Hall–Kier alpha value is -3.06. The van der Waals surface area contributed by atoms with Crippen LogP contribution in [0.3, 0.4) is 0 Å². The fourth-order valence-corrected chi connectivity index (χ4v) is 5.35. The summed E-state index contributed by atoms with van der Waals surface area (Å²) >= 11 is 1.67. The third kappa shape index (κ3) is 4.75. The summed E-state index contributed by atoms with van der Waals surface area (Å²) in [5.41, 5.74) is 5.13. The van der Waals surface area contributed by atoms with Crippen molar-refractivity contribution in [1.29, 1.82) is 0 Å². The summed E-state index contributed by atoms with van der Waals surface area (Å²) in [5, 5.41) is 8.98. The number of hydrogen-bond acceptors (Lipinski definition) is 6. The Bertz CT molecular complexity index is 1220. The SMILES string of the molecule is CCCCSc1nc2n(n1)C(c1cccc(OCc3ccc(C)cc3)c1)C1=C(CCCC1=O)N2. The molecule has 3 aromatic rings. The summed E-state index contributed by atoms with van der Waals surface area (Å²) in [6, 6.07) is 16.1. The zero-order chi connectivity index (χ0) is 23.5. The van der Waals surface area contributed by atoms with Crippen LogP contribution >= 0.6 is 11.8 Å². The number of carbonyl (C=O) groups excluding carboxylic acids is 1. The third-order valence-corrected chi connectivity index (χ3v) is 7.20. The number of aromatic nitrogens is 3. The first-order valence-corrected chi connectivity index (χ1v) is 13.0. The van der Waals surface area contributed by atoms with Crippen molar-refractivity contribution in [1.82, 2.24) is 14.8 Å². The van der Waals surface area contributed by atoms with Gasteiger partial charge in [0, 0.05) is 23.4 Å². The highest BCUT2D eigenvalue weighted by molar-refractivity contribution is 7.99. The standard InChI is InChI=1S/C27H30N4O2S/c1-3-4-15-34-27-29-26-28-22-9-6-10-23(32)24(22)25(31(26)30-27)20-7-5-8-21(16-20)33-17-19-13-11-18(2)12-14-19/h5,7-8,11-14,16,25H,3-4,6,9-10,15,17H2,1-2H3,(H,28,29,30). The van der Waals surface area contributed by atoms with Crippen LogP contribution in [-0.4, -0.2) is 26.3 Å². The lowest BCUT2D eigenvalue weighted by molar-refractivity contribution is -0.116. The van der Waals surface area contributed by atoms with Gasteiger partial charge in [0.1, 0.15) is 18.4 Å². The van der Waals surface area contributed by atoms with E-state index in [1.807, 2.05) is 22.9 Å². The normalized spacial score (nSPS) is 17.2. The summed E-state index contributed by atoms with van der Waals surface area (Å²) in [5.74, 6) is 2.66. The molecule has 1 N–H and O–H groups in total. The lowest BCUT2D eigenvalue weighted by Crippen LogP contribution is -2.31. The van der Waals surface area contributed by atoms with Crippen molar-refractivity contribution in [2.75, 3.05) is 11.1 Å². The van der Waals surface area contributed by atoms with Crippen LogP contribution < -0.4 is 10.1 Å². The second-order valence-electron chi connectivity index (χ2n) is 8.91. The maximum absolute atomic E-state index is 13.1. The topological polar surface area (TPSA) is 69.0 Å². The van der Waals surface area contributed by atoms with Crippen molar-refractivity contribution in [2.45, 2.75) is 63.8 Å². The lowest BCUT2D eigenvalue weighted by Gasteiger charge is -2.32. The van der Waals surface area contributed by atoms with Crippen LogP contribution in [0.4, 0.5) is 5.95 Å². The number of Topliss-reactive ketones (excluding diaryl/α,β-unsaturated/α-hetero) is 1. The minimum atomic E-state index is -0.296. The minimum absolute atomic E-state index is 0.186. The van der Waals surface area contributed by atoms with E-state index in [-0.39, 0.29) is 11.8 Å². The van der Waals surface area contributed by atoms with Crippen molar-refractivity contribution < 1.29 is 9.53 Å². The maximum atomic E-state index is 13.1. The van der Waals surface area contributed by atoms with E-state index in [0.29, 0.717) is 19.0 Å². The zero-order valence-corrected chi connectivity index (χ0v) is 20.5. The number of nitrogens with one attached hydrogen (secondary N) is 1. The molecule has 0 radical (unpaired) electrons. The summed E-state index contributed by atoms with van der Waals surface area (Å²) in [7, 11) is 0. The number of hydrogen-bond donors (Lipinski definition) is 1. The van der Waals surface area contributed by atoms with Crippen molar-refractivity contribution in [3.05, 3.63) is 76.5 Å². The predicted octanol–water partition coefficient (Wildman–Crippen LogP) is 6.08. The number of fused-ring (bicyclic) bond motifs is 1. The van der Waals surface area contributed by atoms with Gasteiger partial charge in [-0.25, -0.2) is 4.68 Å². The van der Waals surface area contributed by atoms with Crippen LogP contribution in [0, 0.1) is 6.92 Å². The van der Waals surface area contributed by atoms with Crippen LogP contribution in [0.25, 0.3) is 0 Å². The Balaban J connectivity index is 1.46. The number of ketones is 1. The summed E-state index contributed by atoms with van der Waals surface area (Å²) in [6.45, 7) is 4.76. The fraction of sp³-hybridized carbons (Fsp3) is 0.370. The van der Waals surface area contributed by atoms with Crippen LogP contribution in [-0.2, 0) is 11.4 Å². The molecule has 34 heavy (non-hydrogen) atoms. The number of benzene rings is 2. The number of ether oxygens (including phenoxy) is 1. The molecule has 0 saturated heterocycles. The average molecular weight is 475 g/mol. The molecule has 2 aliphatic rings. The van der Waals surface area contributed by atoms with E-state index in [0.717, 1.165) is 64.7 Å². The van der Waals surface area contributed by atoms with Gasteiger partial charge < -0.3 is 10.1 Å². The molecule has 6 nitrogen and oxygen atoms in total. The second kappa shape index (κ2) is 10.1. The summed E-state index contributed by atoms with van der Waals surface area (Å²) in [4.78, 5) is 17.8. The summed E-state index contributed by atoms with van der Waals surface area (Å²) < 4.78 is 8.00. The number of nitrogens with zero attached hydrogens (tertiary/aromatic N) is 3. The number of unbranched alkanes of at least 4 members (excludes halogenated alkanes) is 1. The van der Waals surface area contributed by atoms with Gasteiger partial charge in [-0.15, -0.1) is 5.10 Å². The highest BCUT2D eigenvalue weighted by atomic mass is 32.2. The number of aryl methyl sites for hydroxylation is 1. The van der Waals surface area contributed by atoms with Crippen molar-refractivity contribution in [3.8, 4) is 5.75 Å². The van der Waals surface area contributed by atoms with Crippen LogP contribution in [0.5, 0.6) is 5.75 Å². The van der Waals surface area contributed by atoms with E-state index in [1.165, 1.54) is 5.56 Å². The highest BCUT2D eigenvalue weighted by Crippen LogP contribution is 2.41. The van der Waals surface area contributed by atoms with E-state index >= 15 is 0 Å². The molecular formula is C27H30N4O2S. The molecule has 5 rings (SSSR count). The molecule has 1 unspecified atom stereocenters. The average Bonchev–Trinajstić information content (AvgIpc) is 3.25. The molecule has 1 aliphatic carbocycles. The Morgan fingerprint density at radius 2 is 2.03 bits per heavy atom. The van der Waals surface area contributed by atoms with Crippen molar-refractivity contribution in [3.63, 3.8) is 0 Å². The second-order valence-corrected chi connectivity index (χ2v) is 9.97. The number of anilines is 1. The molecule has 7 heteroatoms. The number of rotatable bonds is 8. The monoisotopic (exact) mass is 474 g/mol. The first-order chi connectivity index (χ1) is 16.6. The number of allylic oxidation sites excluding steroid dienone is 2. The molecule has 0 saturated carbocycles. The maximum Gasteiger partial charge on any atom is 0.227 e. The number of carbonyl (C=O) groups is 1. The molecule has 2 aromatic carbocycles. The van der Waals surface area contributed by atoms with Gasteiger partial charge in [-0.1, -0.05) is 67.1 Å². The first-order valence-electron chi connectivity index (χ1n) is 12.0. The van der Waals surface area contributed by atoms with Crippen molar-refractivity contribution in [2.24, 2.45) is 0 Å². The molecule has 0 bridgehead atoms. The molecule has 176 valence electrons. The molecule has 2 heterocycles. The Labute approximate surface area is 204 Å².